The van der Waals surface area contributed by atoms with Gasteiger partial charge in [-0.2, -0.15) is 0 Å². The minimum absolute atomic E-state index is 0.0161. The van der Waals surface area contributed by atoms with Crippen molar-refractivity contribution in [1.82, 2.24) is 9.88 Å². The highest BCUT2D eigenvalue weighted by molar-refractivity contribution is 7.92. The zero-order valence-corrected chi connectivity index (χ0v) is 21.3. The van der Waals surface area contributed by atoms with E-state index in [0.29, 0.717) is 23.9 Å². The van der Waals surface area contributed by atoms with Gasteiger partial charge in [-0.1, -0.05) is 23.7 Å². The normalized spacial score (nSPS) is 15.0. The molecule has 1 atom stereocenters. The molecular formula is C25H27ClN2O6S. The maximum atomic E-state index is 13.0. The third kappa shape index (κ3) is 5.52. The molecule has 1 aliphatic rings. The van der Waals surface area contributed by atoms with Crippen molar-refractivity contribution < 1.29 is 27.5 Å². The van der Waals surface area contributed by atoms with Crippen molar-refractivity contribution in [1.29, 1.82) is 0 Å². The summed E-state index contributed by atoms with van der Waals surface area (Å²) in [4.78, 5) is 24.9. The van der Waals surface area contributed by atoms with E-state index in [-0.39, 0.29) is 29.4 Å². The lowest BCUT2D eigenvalue weighted by Crippen LogP contribution is -2.33. The summed E-state index contributed by atoms with van der Waals surface area (Å²) in [7, 11) is -2.03. The number of sulfone groups is 1. The molecule has 1 amide bonds. The summed E-state index contributed by atoms with van der Waals surface area (Å²) in [6, 6.07) is 11.3. The molecule has 1 fully saturated rings. The smallest absolute Gasteiger partial charge is 0.321 e. The van der Waals surface area contributed by atoms with Crippen LogP contribution in [0.5, 0.6) is 0 Å². The van der Waals surface area contributed by atoms with Crippen LogP contribution in [-0.2, 0) is 31.2 Å². The Kier molecular flexibility index (Phi) is 7.21. The van der Waals surface area contributed by atoms with Crippen LogP contribution in [0, 0.1) is 12.8 Å². The second-order valence-electron chi connectivity index (χ2n) is 8.88. The van der Waals surface area contributed by atoms with Crippen LogP contribution in [0.2, 0.25) is 5.02 Å². The number of aryl methyl sites for hydroxylation is 2. The van der Waals surface area contributed by atoms with Gasteiger partial charge < -0.3 is 19.4 Å². The van der Waals surface area contributed by atoms with Crippen LogP contribution in [0.25, 0.3) is 10.9 Å². The van der Waals surface area contributed by atoms with Crippen LogP contribution < -0.4 is 5.32 Å². The lowest BCUT2D eigenvalue weighted by Gasteiger charge is -2.25. The summed E-state index contributed by atoms with van der Waals surface area (Å²) in [6.45, 7) is 4.95. The van der Waals surface area contributed by atoms with E-state index in [9.17, 15) is 18.0 Å². The van der Waals surface area contributed by atoms with Crippen LogP contribution >= 0.6 is 11.6 Å². The van der Waals surface area contributed by atoms with Gasteiger partial charge in [-0.05, 0) is 55.3 Å². The quantitative estimate of drug-likeness (QED) is 0.457. The van der Waals surface area contributed by atoms with E-state index in [2.05, 4.69) is 5.32 Å². The molecule has 8 nitrogen and oxygen atoms in total. The van der Waals surface area contributed by atoms with Crippen molar-refractivity contribution in [2.75, 3.05) is 25.6 Å². The number of hydrogen-bond donors (Lipinski definition) is 1. The fraction of sp³-hybridized carbons (Fsp3) is 0.360. The van der Waals surface area contributed by atoms with Crippen LogP contribution in [0.3, 0.4) is 0 Å². The molecule has 1 aromatic heterocycles. The van der Waals surface area contributed by atoms with Gasteiger partial charge in [0.15, 0.2) is 15.6 Å². The molecule has 186 valence electrons. The standard InChI is InChI=1S/C25H27ClN2O6S/c1-15-8-21(26)20-10-23(28(3)22(20)9-15)25(30)27-16(2)18-4-6-19(7-5-18)35(31,32)14-24(29)34-13-17-11-33-12-17/h4-10,16-17H,11-14H2,1-3H3,(H,27,30)/t16-/m1/s1. The Hall–Kier alpha value is -2.88. The number of nitrogens with one attached hydrogen (secondary N) is 1. The number of esters is 1. The minimum atomic E-state index is -3.84. The molecule has 2 aromatic carbocycles. The Morgan fingerprint density at radius 1 is 1.20 bits per heavy atom. The van der Waals surface area contributed by atoms with Gasteiger partial charge in [0, 0.05) is 18.4 Å². The summed E-state index contributed by atoms with van der Waals surface area (Å²) >= 11 is 6.35. The number of rotatable bonds is 8. The maximum Gasteiger partial charge on any atom is 0.321 e. The van der Waals surface area contributed by atoms with Crippen LogP contribution in [0.4, 0.5) is 0 Å². The number of nitrogens with zero attached hydrogens (tertiary/aromatic N) is 1. The first kappa shape index (κ1) is 25.2. The minimum Gasteiger partial charge on any atom is -0.464 e. The zero-order valence-electron chi connectivity index (χ0n) is 19.7. The van der Waals surface area contributed by atoms with Crippen molar-refractivity contribution in [2.24, 2.45) is 13.0 Å². The predicted octanol–water partition coefficient (Wildman–Crippen LogP) is 3.59. The van der Waals surface area contributed by atoms with E-state index in [1.165, 1.54) is 12.1 Å². The molecule has 1 saturated heterocycles. The van der Waals surface area contributed by atoms with E-state index < -0.39 is 21.6 Å². The highest BCUT2D eigenvalue weighted by Crippen LogP contribution is 2.28. The van der Waals surface area contributed by atoms with Gasteiger partial charge in [-0.3, -0.25) is 9.59 Å². The zero-order chi connectivity index (χ0) is 25.3. The van der Waals surface area contributed by atoms with Crippen LogP contribution in [-0.4, -0.2) is 50.4 Å². The third-order valence-electron chi connectivity index (χ3n) is 6.07. The summed E-state index contributed by atoms with van der Waals surface area (Å²) in [5.74, 6) is -1.66. The molecule has 0 unspecified atom stereocenters. The number of fused-ring (bicyclic) bond motifs is 1. The number of ether oxygens (including phenoxy) is 2. The molecule has 0 aliphatic carbocycles. The SMILES string of the molecule is Cc1cc(Cl)c2cc(C(=O)N[C@H](C)c3ccc(S(=O)(=O)CC(=O)OCC4COC4)cc3)n(C)c2c1. The molecule has 3 aromatic rings. The van der Waals surface area contributed by atoms with Crippen molar-refractivity contribution in [3.8, 4) is 0 Å². The first-order valence-electron chi connectivity index (χ1n) is 11.2. The van der Waals surface area contributed by atoms with Crippen LogP contribution in [0.15, 0.2) is 47.4 Å². The molecule has 0 saturated carbocycles. The monoisotopic (exact) mass is 518 g/mol. The first-order valence-corrected chi connectivity index (χ1v) is 13.2. The predicted molar refractivity (Wildman–Crippen MR) is 132 cm³/mol. The Morgan fingerprint density at radius 2 is 1.89 bits per heavy atom. The van der Waals surface area contributed by atoms with E-state index >= 15 is 0 Å². The van der Waals surface area contributed by atoms with E-state index in [0.717, 1.165) is 22.0 Å². The van der Waals surface area contributed by atoms with Crippen molar-refractivity contribution in [3.63, 3.8) is 0 Å². The molecular weight excluding hydrogens is 492 g/mol. The Labute approximate surface area is 209 Å². The lowest BCUT2D eigenvalue weighted by atomic mass is 10.1. The number of carbonyl (C=O) groups is 2. The lowest BCUT2D eigenvalue weighted by molar-refractivity contribution is -0.147. The highest BCUT2D eigenvalue weighted by atomic mass is 35.5. The van der Waals surface area contributed by atoms with Gasteiger partial charge in [0.25, 0.3) is 5.91 Å². The molecule has 0 spiro atoms. The van der Waals surface area contributed by atoms with Crippen molar-refractivity contribution in [3.05, 3.63) is 64.3 Å². The Morgan fingerprint density at radius 3 is 2.51 bits per heavy atom. The molecule has 1 N–H and O–H groups in total. The van der Waals surface area contributed by atoms with Gasteiger partial charge in [-0.15, -0.1) is 0 Å². The number of carbonyl (C=O) groups excluding carboxylic acids is 2. The molecule has 1 aliphatic heterocycles. The molecule has 35 heavy (non-hydrogen) atoms. The van der Waals surface area contributed by atoms with Gasteiger partial charge >= 0.3 is 5.97 Å². The van der Waals surface area contributed by atoms with Crippen molar-refractivity contribution >= 4 is 44.2 Å². The van der Waals surface area contributed by atoms with Crippen molar-refractivity contribution in [2.45, 2.75) is 24.8 Å². The van der Waals surface area contributed by atoms with E-state index in [1.807, 2.05) is 33.0 Å². The summed E-state index contributed by atoms with van der Waals surface area (Å²) < 4.78 is 37.0. The van der Waals surface area contributed by atoms with Gasteiger partial charge in [-0.25, -0.2) is 8.42 Å². The third-order valence-corrected chi connectivity index (χ3v) is 7.99. The highest BCUT2D eigenvalue weighted by Gasteiger charge is 2.24. The largest absolute Gasteiger partial charge is 0.464 e. The fourth-order valence-corrected chi connectivity index (χ4v) is 5.36. The second-order valence-corrected chi connectivity index (χ2v) is 11.3. The summed E-state index contributed by atoms with van der Waals surface area (Å²) in [6.07, 6.45) is 0. The molecule has 2 heterocycles. The topological polar surface area (TPSA) is 104 Å². The molecule has 0 bridgehead atoms. The Bertz CT molecular complexity index is 1380. The first-order chi connectivity index (χ1) is 16.5. The fourth-order valence-electron chi connectivity index (χ4n) is 3.93. The number of amides is 1. The molecule has 0 radical (unpaired) electrons. The summed E-state index contributed by atoms with van der Waals surface area (Å²) in [5.41, 5.74) is 3.05. The maximum absolute atomic E-state index is 13.0. The average molecular weight is 519 g/mol. The summed E-state index contributed by atoms with van der Waals surface area (Å²) in [5, 5.41) is 4.32. The number of hydrogen-bond acceptors (Lipinski definition) is 6. The van der Waals surface area contributed by atoms with Gasteiger partial charge in [0.1, 0.15) is 5.69 Å². The van der Waals surface area contributed by atoms with E-state index in [1.54, 1.807) is 22.8 Å². The second kappa shape index (κ2) is 10.0. The number of aromatic nitrogens is 1. The average Bonchev–Trinajstić information content (AvgIpc) is 3.09. The van der Waals surface area contributed by atoms with Crippen LogP contribution in [0.1, 0.15) is 34.6 Å². The van der Waals surface area contributed by atoms with Gasteiger partial charge in [0.2, 0.25) is 0 Å². The van der Waals surface area contributed by atoms with Gasteiger partial charge in [0.05, 0.1) is 41.3 Å². The molecule has 10 heteroatoms. The number of halogens is 1. The molecule has 4 rings (SSSR count). The van der Waals surface area contributed by atoms with E-state index in [4.69, 9.17) is 21.1 Å². The Balaban J connectivity index is 1.41. The number of benzene rings is 2.